The number of aromatic nitrogens is 3. The maximum atomic E-state index is 11.2. The zero-order valence-corrected chi connectivity index (χ0v) is 12.1. The van der Waals surface area contributed by atoms with Gasteiger partial charge in [-0.05, 0) is 37.3 Å². The highest BCUT2D eigenvalue weighted by molar-refractivity contribution is 5.78. The maximum absolute atomic E-state index is 11.2. The molecule has 0 amide bonds. The molecule has 6 heteroatoms. The van der Waals surface area contributed by atoms with Gasteiger partial charge < -0.3 is 14.5 Å². The summed E-state index contributed by atoms with van der Waals surface area (Å²) in [6.45, 7) is 2.01. The van der Waals surface area contributed by atoms with Crippen LogP contribution >= 0.6 is 0 Å². The fourth-order valence-electron chi connectivity index (χ4n) is 2.05. The molecule has 3 rings (SSSR count). The van der Waals surface area contributed by atoms with E-state index in [9.17, 15) is 4.79 Å². The molecule has 22 heavy (non-hydrogen) atoms. The van der Waals surface area contributed by atoms with Gasteiger partial charge in [0.15, 0.2) is 6.61 Å². The predicted octanol–water partition coefficient (Wildman–Crippen LogP) is 2.57. The highest BCUT2D eigenvalue weighted by Crippen LogP contribution is 2.22. The summed E-state index contributed by atoms with van der Waals surface area (Å²) in [5.74, 6) is 0.992. The standard InChI is InChI=1S/C16H15N3O3/c1-2-21-15(20)10-22-12-5-3-11(4-6-12)16-18-13-7-8-17-9-14(13)19-16/h3-9H,2,10H2,1H3,(H,18,19). The van der Waals surface area contributed by atoms with Gasteiger partial charge in [0.2, 0.25) is 0 Å². The Labute approximate surface area is 127 Å². The average Bonchev–Trinajstić information content (AvgIpc) is 2.98. The Morgan fingerprint density at radius 3 is 2.77 bits per heavy atom. The number of imidazole rings is 1. The van der Waals surface area contributed by atoms with Crippen LogP contribution in [0.5, 0.6) is 5.75 Å². The first-order valence-corrected chi connectivity index (χ1v) is 6.95. The van der Waals surface area contributed by atoms with Crippen molar-refractivity contribution in [3.05, 3.63) is 42.7 Å². The van der Waals surface area contributed by atoms with E-state index in [0.29, 0.717) is 12.4 Å². The zero-order valence-electron chi connectivity index (χ0n) is 12.1. The van der Waals surface area contributed by atoms with Gasteiger partial charge in [-0.1, -0.05) is 0 Å². The first-order chi connectivity index (χ1) is 10.8. The van der Waals surface area contributed by atoms with Crippen molar-refractivity contribution in [2.24, 2.45) is 0 Å². The third-order valence-corrected chi connectivity index (χ3v) is 3.07. The lowest BCUT2D eigenvalue weighted by molar-refractivity contribution is -0.145. The number of benzene rings is 1. The molecule has 112 valence electrons. The van der Waals surface area contributed by atoms with E-state index in [0.717, 1.165) is 22.4 Å². The van der Waals surface area contributed by atoms with Gasteiger partial charge >= 0.3 is 5.97 Å². The van der Waals surface area contributed by atoms with Crippen LogP contribution in [0.15, 0.2) is 42.7 Å². The van der Waals surface area contributed by atoms with E-state index in [1.165, 1.54) is 0 Å². The van der Waals surface area contributed by atoms with Crippen LogP contribution in [0.2, 0.25) is 0 Å². The fraction of sp³-hybridized carbons (Fsp3) is 0.188. The number of rotatable bonds is 5. The Balaban J connectivity index is 1.72. The van der Waals surface area contributed by atoms with Gasteiger partial charge in [-0.2, -0.15) is 0 Å². The maximum Gasteiger partial charge on any atom is 0.344 e. The van der Waals surface area contributed by atoms with Gasteiger partial charge in [0, 0.05) is 11.8 Å². The Bertz CT molecular complexity index is 748. The van der Waals surface area contributed by atoms with Gasteiger partial charge in [0.1, 0.15) is 11.6 Å². The summed E-state index contributed by atoms with van der Waals surface area (Å²) >= 11 is 0. The lowest BCUT2D eigenvalue weighted by Gasteiger charge is -2.06. The fourth-order valence-corrected chi connectivity index (χ4v) is 2.05. The number of carbonyl (C=O) groups is 1. The second-order valence-corrected chi connectivity index (χ2v) is 4.60. The van der Waals surface area contributed by atoms with Crippen molar-refractivity contribution < 1.29 is 14.3 Å². The number of nitrogens with zero attached hydrogens (tertiary/aromatic N) is 2. The van der Waals surface area contributed by atoms with Gasteiger partial charge in [-0.3, -0.25) is 4.98 Å². The van der Waals surface area contributed by atoms with Crippen molar-refractivity contribution in [3.8, 4) is 17.1 Å². The largest absolute Gasteiger partial charge is 0.482 e. The molecule has 0 bridgehead atoms. The first kappa shape index (κ1) is 14.1. The summed E-state index contributed by atoms with van der Waals surface area (Å²) in [7, 11) is 0. The summed E-state index contributed by atoms with van der Waals surface area (Å²) in [6, 6.07) is 9.20. The van der Waals surface area contributed by atoms with E-state index >= 15 is 0 Å². The monoisotopic (exact) mass is 297 g/mol. The average molecular weight is 297 g/mol. The number of fused-ring (bicyclic) bond motifs is 1. The Morgan fingerprint density at radius 1 is 1.23 bits per heavy atom. The van der Waals surface area contributed by atoms with E-state index < -0.39 is 0 Å². The molecule has 3 aromatic rings. The minimum Gasteiger partial charge on any atom is -0.482 e. The molecule has 0 fully saturated rings. The van der Waals surface area contributed by atoms with Crippen molar-refractivity contribution in [3.63, 3.8) is 0 Å². The van der Waals surface area contributed by atoms with E-state index in [2.05, 4.69) is 15.0 Å². The summed E-state index contributed by atoms with van der Waals surface area (Å²) in [6.07, 6.45) is 3.45. The molecule has 2 aromatic heterocycles. The number of ether oxygens (including phenoxy) is 2. The molecule has 0 radical (unpaired) electrons. The van der Waals surface area contributed by atoms with Crippen LogP contribution in [-0.2, 0) is 9.53 Å². The van der Waals surface area contributed by atoms with Gasteiger partial charge in [0.25, 0.3) is 0 Å². The van der Waals surface area contributed by atoms with Crippen LogP contribution in [-0.4, -0.2) is 34.1 Å². The molecule has 0 saturated carbocycles. The second-order valence-electron chi connectivity index (χ2n) is 4.60. The Morgan fingerprint density at radius 2 is 2.05 bits per heavy atom. The number of hydrogen-bond acceptors (Lipinski definition) is 5. The molecule has 0 saturated heterocycles. The summed E-state index contributed by atoms with van der Waals surface area (Å²) in [5.41, 5.74) is 2.69. The molecule has 0 spiro atoms. The first-order valence-electron chi connectivity index (χ1n) is 6.95. The van der Waals surface area contributed by atoms with E-state index in [4.69, 9.17) is 9.47 Å². The third-order valence-electron chi connectivity index (χ3n) is 3.07. The van der Waals surface area contributed by atoms with Crippen molar-refractivity contribution in [2.75, 3.05) is 13.2 Å². The highest BCUT2D eigenvalue weighted by Gasteiger charge is 2.06. The topological polar surface area (TPSA) is 77.1 Å². The lowest BCUT2D eigenvalue weighted by Crippen LogP contribution is -2.14. The highest BCUT2D eigenvalue weighted by atomic mass is 16.6. The quantitative estimate of drug-likeness (QED) is 0.732. The Kier molecular flexibility index (Phi) is 4.00. The molecular formula is C16H15N3O3. The minimum atomic E-state index is -0.378. The number of pyridine rings is 1. The molecule has 0 unspecified atom stereocenters. The number of H-pyrrole nitrogens is 1. The number of aromatic amines is 1. The Hall–Kier alpha value is -2.89. The molecule has 0 aliphatic heterocycles. The summed E-state index contributed by atoms with van der Waals surface area (Å²) in [5, 5.41) is 0. The van der Waals surface area contributed by atoms with E-state index in [-0.39, 0.29) is 12.6 Å². The summed E-state index contributed by atoms with van der Waals surface area (Å²) in [4.78, 5) is 23.0. The lowest BCUT2D eigenvalue weighted by atomic mass is 10.2. The SMILES string of the molecule is CCOC(=O)COc1ccc(-c2nc3ccncc3[nH]2)cc1. The predicted molar refractivity (Wildman–Crippen MR) is 81.5 cm³/mol. The second kappa shape index (κ2) is 6.26. The van der Waals surface area contributed by atoms with Crippen LogP contribution in [0.25, 0.3) is 22.4 Å². The molecule has 2 heterocycles. The van der Waals surface area contributed by atoms with Crippen molar-refractivity contribution in [1.82, 2.24) is 15.0 Å². The van der Waals surface area contributed by atoms with Gasteiger partial charge in [-0.25, -0.2) is 9.78 Å². The number of hydrogen-bond donors (Lipinski definition) is 1. The van der Waals surface area contributed by atoms with Gasteiger partial charge in [0.05, 0.1) is 23.8 Å². The van der Waals surface area contributed by atoms with Crippen LogP contribution in [0.4, 0.5) is 0 Å². The molecule has 0 aliphatic rings. The smallest absolute Gasteiger partial charge is 0.344 e. The van der Waals surface area contributed by atoms with Crippen molar-refractivity contribution >= 4 is 17.0 Å². The van der Waals surface area contributed by atoms with Crippen LogP contribution in [0, 0.1) is 0 Å². The minimum absolute atomic E-state index is 0.0938. The summed E-state index contributed by atoms with van der Waals surface area (Å²) < 4.78 is 10.2. The zero-order chi connectivity index (χ0) is 15.4. The number of esters is 1. The normalized spacial score (nSPS) is 10.6. The molecule has 1 N–H and O–H groups in total. The van der Waals surface area contributed by atoms with E-state index in [1.54, 1.807) is 31.5 Å². The number of carbonyl (C=O) groups excluding carboxylic acids is 1. The molecular weight excluding hydrogens is 282 g/mol. The van der Waals surface area contributed by atoms with Crippen molar-refractivity contribution in [1.29, 1.82) is 0 Å². The van der Waals surface area contributed by atoms with Crippen LogP contribution in [0.3, 0.4) is 0 Å². The van der Waals surface area contributed by atoms with Crippen molar-refractivity contribution in [2.45, 2.75) is 6.92 Å². The van der Waals surface area contributed by atoms with E-state index in [1.807, 2.05) is 18.2 Å². The number of nitrogens with one attached hydrogen (secondary N) is 1. The molecule has 0 atom stereocenters. The van der Waals surface area contributed by atoms with Crippen LogP contribution < -0.4 is 4.74 Å². The molecule has 0 aliphatic carbocycles. The third kappa shape index (κ3) is 3.06. The van der Waals surface area contributed by atoms with Gasteiger partial charge in [-0.15, -0.1) is 0 Å². The van der Waals surface area contributed by atoms with Crippen LogP contribution in [0.1, 0.15) is 6.92 Å². The molecule has 1 aromatic carbocycles. The molecule has 6 nitrogen and oxygen atoms in total.